The van der Waals surface area contributed by atoms with Crippen molar-refractivity contribution in [3.05, 3.63) is 52.1 Å². The molecule has 1 N–H and O–H groups in total. The summed E-state index contributed by atoms with van der Waals surface area (Å²) in [7, 11) is 2.79. The number of hydrogen-bond donors (Lipinski definition) is 1. The van der Waals surface area contributed by atoms with Crippen LogP contribution in [0.3, 0.4) is 0 Å². The average Bonchev–Trinajstić information content (AvgIpc) is 2.51. The summed E-state index contributed by atoms with van der Waals surface area (Å²) in [6, 6.07) is 6.15. The van der Waals surface area contributed by atoms with E-state index >= 15 is 0 Å². The Balaban J connectivity index is 2.38. The van der Waals surface area contributed by atoms with Crippen LogP contribution >= 0.6 is 0 Å². The lowest BCUT2D eigenvalue weighted by Gasteiger charge is -2.22. The quantitative estimate of drug-likeness (QED) is 0.787. The fourth-order valence-corrected chi connectivity index (χ4v) is 2.79. The van der Waals surface area contributed by atoms with E-state index in [-0.39, 0.29) is 34.0 Å². The predicted octanol–water partition coefficient (Wildman–Crippen LogP) is 2.49. The topological polar surface area (TPSA) is 72.8 Å². The van der Waals surface area contributed by atoms with Crippen molar-refractivity contribution in [2.24, 2.45) is 0 Å². The maximum atomic E-state index is 12.9. The van der Waals surface area contributed by atoms with Gasteiger partial charge in [0.05, 0.1) is 25.3 Å². The lowest BCUT2D eigenvalue weighted by Crippen LogP contribution is -2.22. The lowest BCUT2D eigenvalue weighted by molar-refractivity contribution is 0.0973. The molecule has 0 aliphatic heterocycles. The summed E-state index contributed by atoms with van der Waals surface area (Å²) < 4.78 is 10.4. The van der Waals surface area contributed by atoms with E-state index < -0.39 is 5.78 Å². The minimum atomic E-state index is -0.394. The number of carbonyl (C=O) groups excluding carboxylic acids is 2. The Hall–Kier alpha value is -2.82. The normalized spacial score (nSPS) is 12.7. The molecule has 0 bridgehead atoms. The van der Waals surface area contributed by atoms with Crippen LogP contribution in [0.2, 0.25) is 0 Å². The molecule has 0 amide bonds. The summed E-state index contributed by atoms with van der Waals surface area (Å²) in [5, 5.41) is 9.87. The molecule has 0 aromatic heterocycles. The third-order valence-corrected chi connectivity index (χ3v) is 3.75. The number of methoxy groups -OCH3 is 2. The number of aryl methyl sites for hydroxylation is 1. The van der Waals surface area contributed by atoms with E-state index in [0.29, 0.717) is 11.3 Å². The molecule has 3 rings (SSSR count). The molecule has 2 aromatic rings. The minimum absolute atomic E-state index is 0.00382. The minimum Gasteiger partial charge on any atom is -0.504 e. The molecule has 5 nitrogen and oxygen atoms in total. The fourth-order valence-electron chi connectivity index (χ4n) is 2.79. The molecule has 112 valence electrons. The van der Waals surface area contributed by atoms with Gasteiger partial charge >= 0.3 is 0 Å². The van der Waals surface area contributed by atoms with Gasteiger partial charge in [-0.15, -0.1) is 0 Å². The number of rotatable bonds is 2. The van der Waals surface area contributed by atoms with Gasteiger partial charge in [-0.05, 0) is 36.8 Å². The zero-order chi connectivity index (χ0) is 16.0. The molecule has 0 radical (unpaired) electrons. The van der Waals surface area contributed by atoms with Gasteiger partial charge in [-0.25, -0.2) is 0 Å². The predicted molar refractivity (Wildman–Crippen MR) is 79.3 cm³/mol. The molecule has 5 heteroatoms. The maximum Gasteiger partial charge on any atom is 0.202 e. The Kier molecular flexibility index (Phi) is 3.13. The molecule has 0 spiro atoms. The zero-order valence-corrected chi connectivity index (χ0v) is 12.4. The van der Waals surface area contributed by atoms with E-state index in [2.05, 4.69) is 0 Å². The molecule has 2 aromatic carbocycles. The van der Waals surface area contributed by atoms with Crippen LogP contribution < -0.4 is 9.47 Å². The average molecular weight is 298 g/mol. The Bertz CT molecular complexity index is 820. The number of benzene rings is 2. The van der Waals surface area contributed by atoms with E-state index in [0.717, 1.165) is 5.56 Å². The largest absolute Gasteiger partial charge is 0.504 e. The molecular formula is C17H14O5. The summed E-state index contributed by atoms with van der Waals surface area (Å²) >= 11 is 0. The third-order valence-electron chi connectivity index (χ3n) is 3.75. The molecule has 0 saturated heterocycles. The fraction of sp³-hybridized carbons (Fsp3) is 0.176. The molecule has 1 aliphatic carbocycles. The first kappa shape index (κ1) is 14.1. The van der Waals surface area contributed by atoms with E-state index in [9.17, 15) is 14.7 Å². The van der Waals surface area contributed by atoms with Crippen molar-refractivity contribution >= 4 is 11.6 Å². The van der Waals surface area contributed by atoms with Gasteiger partial charge in [0.2, 0.25) is 5.78 Å². The van der Waals surface area contributed by atoms with E-state index in [4.69, 9.17) is 9.47 Å². The second-order valence-corrected chi connectivity index (χ2v) is 5.09. The summed E-state index contributed by atoms with van der Waals surface area (Å²) in [6.07, 6.45) is 0. The first-order valence-corrected chi connectivity index (χ1v) is 6.67. The van der Waals surface area contributed by atoms with Gasteiger partial charge < -0.3 is 14.6 Å². The summed E-state index contributed by atoms with van der Waals surface area (Å²) in [4.78, 5) is 25.6. The first-order valence-electron chi connectivity index (χ1n) is 6.67. The molecular weight excluding hydrogens is 284 g/mol. The van der Waals surface area contributed by atoms with Crippen LogP contribution in [0.15, 0.2) is 24.3 Å². The van der Waals surface area contributed by atoms with Crippen LogP contribution in [-0.2, 0) is 0 Å². The SMILES string of the molecule is COc1cc(C)cc2c1C(=O)c1c(ccc(O)c1OC)C2=O. The number of carbonyl (C=O) groups is 2. The lowest BCUT2D eigenvalue weighted by atomic mass is 9.82. The molecule has 0 saturated carbocycles. The Morgan fingerprint density at radius 2 is 1.64 bits per heavy atom. The van der Waals surface area contributed by atoms with Crippen molar-refractivity contribution in [2.45, 2.75) is 6.92 Å². The van der Waals surface area contributed by atoms with Crippen LogP contribution in [0.4, 0.5) is 0 Å². The molecule has 0 atom stereocenters. The zero-order valence-electron chi connectivity index (χ0n) is 12.4. The van der Waals surface area contributed by atoms with E-state index in [1.54, 1.807) is 12.1 Å². The highest BCUT2D eigenvalue weighted by Crippen LogP contribution is 2.41. The van der Waals surface area contributed by atoms with Crippen molar-refractivity contribution in [1.29, 1.82) is 0 Å². The number of ketones is 2. The monoisotopic (exact) mass is 298 g/mol. The van der Waals surface area contributed by atoms with Gasteiger partial charge in [-0.1, -0.05) is 0 Å². The highest BCUT2D eigenvalue weighted by molar-refractivity contribution is 6.30. The molecule has 22 heavy (non-hydrogen) atoms. The standard InChI is InChI=1S/C17H14O5/c1-8-6-10-13(12(7-8)21-2)16(20)14-9(15(10)19)4-5-11(18)17(14)22-3/h4-7,18H,1-3H3. The van der Waals surface area contributed by atoms with Crippen LogP contribution in [0.1, 0.15) is 37.4 Å². The Morgan fingerprint density at radius 3 is 2.27 bits per heavy atom. The Morgan fingerprint density at radius 1 is 0.909 bits per heavy atom. The first-order chi connectivity index (χ1) is 10.5. The van der Waals surface area contributed by atoms with Crippen molar-refractivity contribution in [2.75, 3.05) is 14.2 Å². The van der Waals surface area contributed by atoms with Crippen LogP contribution in [-0.4, -0.2) is 30.9 Å². The Labute approximate surface area is 127 Å². The maximum absolute atomic E-state index is 12.9. The smallest absolute Gasteiger partial charge is 0.202 e. The molecule has 1 aliphatic rings. The third kappa shape index (κ3) is 1.79. The number of fused-ring (bicyclic) bond motifs is 2. The van der Waals surface area contributed by atoms with Gasteiger partial charge in [0.1, 0.15) is 5.75 Å². The van der Waals surface area contributed by atoms with Crippen molar-refractivity contribution in [3.8, 4) is 17.2 Å². The highest BCUT2D eigenvalue weighted by atomic mass is 16.5. The second kappa shape index (κ2) is 4.87. The van der Waals surface area contributed by atoms with Gasteiger partial charge in [0, 0.05) is 11.1 Å². The number of phenolic OH excluding ortho intramolecular Hbond substituents is 1. The molecule has 0 heterocycles. The van der Waals surface area contributed by atoms with Crippen LogP contribution in [0.25, 0.3) is 0 Å². The van der Waals surface area contributed by atoms with Gasteiger partial charge in [-0.3, -0.25) is 9.59 Å². The van der Waals surface area contributed by atoms with E-state index in [1.807, 2.05) is 6.92 Å². The molecule has 0 unspecified atom stereocenters. The molecule has 0 fully saturated rings. The summed E-state index contributed by atoms with van der Waals surface area (Å²) in [5.74, 6) is -0.524. The summed E-state index contributed by atoms with van der Waals surface area (Å²) in [5.41, 5.74) is 1.63. The highest BCUT2D eigenvalue weighted by Gasteiger charge is 2.36. The van der Waals surface area contributed by atoms with Crippen molar-refractivity contribution in [3.63, 3.8) is 0 Å². The van der Waals surface area contributed by atoms with Gasteiger partial charge in [0.15, 0.2) is 17.3 Å². The number of aromatic hydroxyl groups is 1. The second-order valence-electron chi connectivity index (χ2n) is 5.09. The van der Waals surface area contributed by atoms with E-state index in [1.165, 1.54) is 26.4 Å². The number of phenols is 1. The summed E-state index contributed by atoms with van der Waals surface area (Å²) in [6.45, 7) is 1.83. The van der Waals surface area contributed by atoms with Gasteiger partial charge in [0.25, 0.3) is 0 Å². The van der Waals surface area contributed by atoms with Crippen molar-refractivity contribution in [1.82, 2.24) is 0 Å². The number of ether oxygens (including phenoxy) is 2. The van der Waals surface area contributed by atoms with Crippen molar-refractivity contribution < 1.29 is 24.2 Å². The van der Waals surface area contributed by atoms with Crippen LogP contribution in [0.5, 0.6) is 17.2 Å². The van der Waals surface area contributed by atoms with Crippen LogP contribution in [0, 0.1) is 6.92 Å². The van der Waals surface area contributed by atoms with Gasteiger partial charge in [-0.2, -0.15) is 0 Å². The number of hydrogen-bond acceptors (Lipinski definition) is 5.